The fourth-order valence-electron chi connectivity index (χ4n) is 2.46. The Bertz CT molecular complexity index is 407. The Hall–Kier alpha value is -1.39. The third-order valence-corrected chi connectivity index (χ3v) is 3.57. The highest BCUT2D eigenvalue weighted by Gasteiger charge is 2.52. The SMILES string of the molecule is COC[C@]1(C(=O)OC)CCN1Cc1ccccc1. The van der Waals surface area contributed by atoms with Gasteiger partial charge in [0.2, 0.25) is 0 Å². The van der Waals surface area contributed by atoms with Crippen LogP contribution in [0.15, 0.2) is 30.3 Å². The highest BCUT2D eigenvalue weighted by atomic mass is 16.5. The fourth-order valence-corrected chi connectivity index (χ4v) is 2.46. The molecule has 1 heterocycles. The topological polar surface area (TPSA) is 38.8 Å². The summed E-state index contributed by atoms with van der Waals surface area (Å²) < 4.78 is 10.1. The molecule has 4 heteroatoms. The van der Waals surface area contributed by atoms with E-state index in [0.29, 0.717) is 6.61 Å². The van der Waals surface area contributed by atoms with E-state index >= 15 is 0 Å². The van der Waals surface area contributed by atoms with E-state index in [1.54, 1.807) is 7.11 Å². The molecule has 0 aromatic heterocycles. The Labute approximate surface area is 107 Å². The van der Waals surface area contributed by atoms with Crippen molar-refractivity contribution in [3.8, 4) is 0 Å². The summed E-state index contributed by atoms with van der Waals surface area (Å²) in [7, 11) is 3.04. The maximum atomic E-state index is 12.0. The van der Waals surface area contributed by atoms with Crippen LogP contribution in [0.4, 0.5) is 0 Å². The van der Waals surface area contributed by atoms with Gasteiger partial charge < -0.3 is 9.47 Å². The van der Waals surface area contributed by atoms with E-state index in [1.807, 2.05) is 18.2 Å². The molecule has 1 atom stereocenters. The Morgan fingerprint density at radius 2 is 2.06 bits per heavy atom. The number of nitrogens with zero attached hydrogens (tertiary/aromatic N) is 1. The first-order valence-electron chi connectivity index (χ1n) is 6.09. The van der Waals surface area contributed by atoms with Crippen molar-refractivity contribution >= 4 is 5.97 Å². The Balaban J connectivity index is 2.11. The molecule has 0 spiro atoms. The molecule has 18 heavy (non-hydrogen) atoms. The van der Waals surface area contributed by atoms with Crippen LogP contribution >= 0.6 is 0 Å². The molecule has 0 N–H and O–H groups in total. The molecule has 2 rings (SSSR count). The highest BCUT2D eigenvalue weighted by molar-refractivity contribution is 5.82. The number of hydrogen-bond donors (Lipinski definition) is 0. The molecule has 4 nitrogen and oxygen atoms in total. The minimum Gasteiger partial charge on any atom is -0.468 e. The van der Waals surface area contributed by atoms with Crippen LogP contribution < -0.4 is 0 Å². The number of esters is 1. The van der Waals surface area contributed by atoms with E-state index in [2.05, 4.69) is 17.0 Å². The van der Waals surface area contributed by atoms with Crippen molar-refractivity contribution in [1.29, 1.82) is 0 Å². The van der Waals surface area contributed by atoms with Crippen molar-refractivity contribution in [3.05, 3.63) is 35.9 Å². The number of likely N-dealkylation sites (tertiary alicyclic amines) is 1. The standard InChI is InChI=1S/C14H19NO3/c1-17-11-14(13(16)18-2)8-9-15(14)10-12-6-4-3-5-7-12/h3-7H,8-11H2,1-2H3/t14-/m0/s1. The quantitative estimate of drug-likeness (QED) is 0.740. The van der Waals surface area contributed by atoms with Gasteiger partial charge in [0.05, 0.1) is 13.7 Å². The average Bonchev–Trinajstić information content (AvgIpc) is 2.41. The molecule has 0 unspecified atom stereocenters. The summed E-state index contributed by atoms with van der Waals surface area (Å²) in [5.74, 6) is -0.202. The molecule has 1 aliphatic heterocycles. The van der Waals surface area contributed by atoms with Crippen molar-refractivity contribution in [2.75, 3.05) is 27.4 Å². The number of methoxy groups -OCH3 is 2. The number of ether oxygens (including phenoxy) is 2. The molecule has 1 saturated heterocycles. The van der Waals surface area contributed by atoms with Crippen LogP contribution in [-0.4, -0.2) is 43.8 Å². The number of rotatable bonds is 5. The lowest BCUT2D eigenvalue weighted by atomic mass is 9.84. The van der Waals surface area contributed by atoms with Crippen LogP contribution in [0.5, 0.6) is 0 Å². The molecule has 1 fully saturated rings. The summed E-state index contributed by atoms with van der Waals surface area (Å²) in [5, 5.41) is 0. The second-order valence-corrected chi connectivity index (χ2v) is 4.61. The Kier molecular flexibility index (Phi) is 3.99. The predicted molar refractivity (Wildman–Crippen MR) is 68.1 cm³/mol. The summed E-state index contributed by atoms with van der Waals surface area (Å²) in [6.07, 6.45) is 0.792. The zero-order valence-electron chi connectivity index (χ0n) is 10.9. The van der Waals surface area contributed by atoms with Crippen LogP contribution in [0.2, 0.25) is 0 Å². The predicted octanol–water partition coefficient (Wildman–Crippen LogP) is 1.45. The maximum Gasteiger partial charge on any atom is 0.328 e. The smallest absolute Gasteiger partial charge is 0.328 e. The Morgan fingerprint density at radius 3 is 2.56 bits per heavy atom. The molecule has 1 aromatic rings. The lowest BCUT2D eigenvalue weighted by Gasteiger charge is -2.49. The zero-order chi connectivity index (χ0) is 13.0. The van der Waals surface area contributed by atoms with Gasteiger partial charge in [-0.2, -0.15) is 0 Å². The molecule has 0 bridgehead atoms. The molecular weight excluding hydrogens is 230 g/mol. The number of hydrogen-bond acceptors (Lipinski definition) is 4. The van der Waals surface area contributed by atoms with Crippen molar-refractivity contribution in [2.24, 2.45) is 0 Å². The summed E-state index contributed by atoms with van der Waals surface area (Å²) in [5.41, 5.74) is 0.598. The summed E-state index contributed by atoms with van der Waals surface area (Å²) in [6, 6.07) is 10.1. The van der Waals surface area contributed by atoms with Gasteiger partial charge >= 0.3 is 5.97 Å². The normalized spacial score (nSPS) is 23.4. The first-order chi connectivity index (χ1) is 8.73. The van der Waals surface area contributed by atoms with Crippen molar-refractivity contribution in [2.45, 2.75) is 18.5 Å². The summed E-state index contributed by atoms with van der Waals surface area (Å²) in [6.45, 7) is 2.03. The first-order valence-corrected chi connectivity index (χ1v) is 6.09. The van der Waals surface area contributed by atoms with E-state index in [0.717, 1.165) is 19.5 Å². The monoisotopic (exact) mass is 249 g/mol. The minimum absolute atomic E-state index is 0.202. The third kappa shape index (κ3) is 2.26. The highest BCUT2D eigenvalue weighted by Crippen LogP contribution is 2.33. The number of benzene rings is 1. The van der Waals surface area contributed by atoms with Gasteiger partial charge in [-0.15, -0.1) is 0 Å². The number of carbonyl (C=O) groups excluding carboxylic acids is 1. The van der Waals surface area contributed by atoms with E-state index in [1.165, 1.54) is 12.7 Å². The molecule has 0 saturated carbocycles. The molecule has 0 amide bonds. The third-order valence-electron chi connectivity index (χ3n) is 3.57. The fraction of sp³-hybridized carbons (Fsp3) is 0.500. The van der Waals surface area contributed by atoms with Crippen molar-refractivity contribution in [3.63, 3.8) is 0 Å². The molecular formula is C14H19NO3. The average molecular weight is 249 g/mol. The van der Waals surface area contributed by atoms with E-state index in [4.69, 9.17) is 9.47 Å². The molecule has 98 valence electrons. The molecule has 0 aliphatic carbocycles. The van der Waals surface area contributed by atoms with Gasteiger partial charge in [-0.25, -0.2) is 4.79 Å². The van der Waals surface area contributed by atoms with Gasteiger partial charge in [-0.1, -0.05) is 30.3 Å². The minimum atomic E-state index is -0.598. The van der Waals surface area contributed by atoms with Crippen molar-refractivity contribution in [1.82, 2.24) is 4.90 Å². The van der Waals surface area contributed by atoms with Crippen LogP contribution in [0.25, 0.3) is 0 Å². The summed E-state index contributed by atoms with van der Waals surface area (Å²) in [4.78, 5) is 14.1. The van der Waals surface area contributed by atoms with Crippen molar-refractivity contribution < 1.29 is 14.3 Å². The second-order valence-electron chi connectivity index (χ2n) is 4.61. The molecule has 1 aromatic carbocycles. The maximum absolute atomic E-state index is 12.0. The van der Waals surface area contributed by atoms with Gasteiger partial charge in [0.25, 0.3) is 0 Å². The van der Waals surface area contributed by atoms with Gasteiger partial charge in [0, 0.05) is 20.2 Å². The zero-order valence-corrected chi connectivity index (χ0v) is 10.9. The largest absolute Gasteiger partial charge is 0.468 e. The van der Waals surface area contributed by atoms with Gasteiger partial charge in [-0.05, 0) is 12.0 Å². The first kappa shape index (κ1) is 13.1. The lowest BCUT2D eigenvalue weighted by Crippen LogP contribution is -2.66. The van der Waals surface area contributed by atoms with E-state index in [-0.39, 0.29) is 5.97 Å². The van der Waals surface area contributed by atoms with Gasteiger partial charge in [-0.3, -0.25) is 4.90 Å². The number of carbonyl (C=O) groups is 1. The van der Waals surface area contributed by atoms with E-state index < -0.39 is 5.54 Å². The summed E-state index contributed by atoms with van der Waals surface area (Å²) >= 11 is 0. The Morgan fingerprint density at radius 1 is 1.33 bits per heavy atom. The molecule has 1 aliphatic rings. The van der Waals surface area contributed by atoms with Crippen LogP contribution in [0.3, 0.4) is 0 Å². The lowest BCUT2D eigenvalue weighted by molar-refractivity contribution is -0.172. The van der Waals surface area contributed by atoms with Crippen LogP contribution in [-0.2, 0) is 20.8 Å². The van der Waals surface area contributed by atoms with Gasteiger partial charge in [0.1, 0.15) is 5.54 Å². The van der Waals surface area contributed by atoms with Crippen LogP contribution in [0, 0.1) is 0 Å². The van der Waals surface area contributed by atoms with Crippen LogP contribution in [0.1, 0.15) is 12.0 Å². The second kappa shape index (κ2) is 5.50. The molecule has 0 radical (unpaired) electrons. The van der Waals surface area contributed by atoms with E-state index in [9.17, 15) is 4.79 Å². The van der Waals surface area contributed by atoms with Gasteiger partial charge in [0.15, 0.2) is 0 Å².